The number of aromatic nitrogens is 4. The van der Waals surface area contributed by atoms with Gasteiger partial charge in [0.25, 0.3) is 5.91 Å². The first-order valence-electron chi connectivity index (χ1n) is 7.54. The highest BCUT2D eigenvalue weighted by Crippen LogP contribution is 2.14. The molecule has 9 nitrogen and oxygen atoms in total. The predicted octanol–water partition coefficient (Wildman–Crippen LogP) is 0.706. The number of nitrogens with zero attached hydrogens (tertiary/aromatic N) is 4. The van der Waals surface area contributed by atoms with Crippen molar-refractivity contribution in [1.82, 2.24) is 25.5 Å². The second-order valence-electron chi connectivity index (χ2n) is 5.33. The number of amides is 2. The summed E-state index contributed by atoms with van der Waals surface area (Å²) in [5.41, 5.74) is 1.13. The smallest absolute Gasteiger partial charge is 0.251 e. The Morgan fingerprint density at radius 2 is 2.04 bits per heavy atom. The summed E-state index contributed by atoms with van der Waals surface area (Å²) in [7, 11) is 3.29. The zero-order chi connectivity index (χ0) is 18.2. The minimum Gasteiger partial charge on any atom is -0.383 e. The lowest BCUT2D eigenvalue weighted by Crippen LogP contribution is -2.35. The van der Waals surface area contributed by atoms with E-state index in [1.807, 2.05) is 6.92 Å². The lowest BCUT2D eigenvalue weighted by molar-refractivity contribution is -0.113. The highest BCUT2D eigenvalue weighted by Gasteiger charge is 2.11. The van der Waals surface area contributed by atoms with Gasteiger partial charge in [-0.3, -0.25) is 9.59 Å². The highest BCUT2D eigenvalue weighted by atomic mass is 32.2. The maximum absolute atomic E-state index is 12.1. The molecular formula is C15H20N6O3S. The van der Waals surface area contributed by atoms with E-state index in [0.717, 1.165) is 0 Å². The first-order chi connectivity index (χ1) is 12.0. The number of hydrogen-bond donors (Lipinski definition) is 2. The number of ether oxygens (including phenoxy) is 1. The summed E-state index contributed by atoms with van der Waals surface area (Å²) in [5.74, 6) is -0.183. The molecule has 0 spiro atoms. The molecule has 1 atom stereocenters. The Labute approximate surface area is 149 Å². The summed E-state index contributed by atoms with van der Waals surface area (Å²) < 4.78 is 6.48. The molecular weight excluding hydrogens is 344 g/mol. The van der Waals surface area contributed by atoms with E-state index in [-0.39, 0.29) is 23.6 Å². The number of hydrogen-bond acceptors (Lipinski definition) is 7. The fourth-order valence-corrected chi connectivity index (χ4v) is 2.62. The van der Waals surface area contributed by atoms with Crippen molar-refractivity contribution >= 4 is 29.3 Å². The molecule has 0 aliphatic heterocycles. The van der Waals surface area contributed by atoms with Crippen molar-refractivity contribution in [3.05, 3.63) is 29.8 Å². The van der Waals surface area contributed by atoms with E-state index >= 15 is 0 Å². The van der Waals surface area contributed by atoms with Gasteiger partial charge in [-0.1, -0.05) is 11.8 Å². The van der Waals surface area contributed by atoms with Crippen molar-refractivity contribution < 1.29 is 14.3 Å². The summed E-state index contributed by atoms with van der Waals surface area (Å²) in [5, 5.41) is 17.1. The van der Waals surface area contributed by atoms with E-state index in [0.29, 0.717) is 23.0 Å². The van der Waals surface area contributed by atoms with Gasteiger partial charge in [0, 0.05) is 31.5 Å². The molecule has 0 saturated carbocycles. The van der Waals surface area contributed by atoms with Gasteiger partial charge in [0.05, 0.1) is 12.4 Å². The third kappa shape index (κ3) is 5.84. The fourth-order valence-electron chi connectivity index (χ4n) is 1.97. The maximum Gasteiger partial charge on any atom is 0.251 e. The molecule has 0 radical (unpaired) electrons. The minimum absolute atomic E-state index is 0.0796. The molecule has 0 aliphatic rings. The van der Waals surface area contributed by atoms with E-state index in [4.69, 9.17) is 4.74 Å². The van der Waals surface area contributed by atoms with Crippen LogP contribution in [0.4, 0.5) is 5.69 Å². The molecule has 1 aromatic heterocycles. The van der Waals surface area contributed by atoms with Crippen molar-refractivity contribution in [2.45, 2.75) is 18.1 Å². The third-order valence-corrected chi connectivity index (χ3v) is 4.15. The van der Waals surface area contributed by atoms with Crippen LogP contribution in [0.1, 0.15) is 17.3 Å². The SMILES string of the molecule is COCC(C)NC(=O)c1ccc(NC(=O)CSc2nnnn2C)cc1. The van der Waals surface area contributed by atoms with E-state index in [1.54, 1.807) is 38.4 Å². The number of anilines is 1. The average molecular weight is 364 g/mol. The second-order valence-corrected chi connectivity index (χ2v) is 6.27. The van der Waals surface area contributed by atoms with Gasteiger partial charge < -0.3 is 15.4 Å². The monoisotopic (exact) mass is 364 g/mol. The van der Waals surface area contributed by atoms with Crippen molar-refractivity contribution in [2.75, 3.05) is 24.8 Å². The zero-order valence-corrected chi connectivity index (χ0v) is 15.0. The van der Waals surface area contributed by atoms with Crippen LogP contribution < -0.4 is 10.6 Å². The molecule has 10 heteroatoms. The summed E-state index contributed by atoms with van der Waals surface area (Å²) in [6, 6.07) is 6.60. The number of carbonyl (C=O) groups excluding carboxylic acids is 2. The number of tetrazole rings is 1. The topological polar surface area (TPSA) is 111 Å². The van der Waals surface area contributed by atoms with Crippen LogP contribution in [0.3, 0.4) is 0 Å². The lowest BCUT2D eigenvalue weighted by Gasteiger charge is -2.13. The number of methoxy groups -OCH3 is 1. The summed E-state index contributed by atoms with van der Waals surface area (Å²) in [6.07, 6.45) is 0. The van der Waals surface area contributed by atoms with Crippen LogP contribution in [0, 0.1) is 0 Å². The van der Waals surface area contributed by atoms with Crippen LogP contribution in [-0.2, 0) is 16.6 Å². The summed E-state index contributed by atoms with van der Waals surface area (Å²) in [4.78, 5) is 24.0. The van der Waals surface area contributed by atoms with Crippen molar-refractivity contribution in [3.8, 4) is 0 Å². The molecule has 1 aromatic carbocycles. The number of aryl methyl sites for hydroxylation is 1. The van der Waals surface area contributed by atoms with Gasteiger partial charge >= 0.3 is 0 Å². The lowest BCUT2D eigenvalue weighted by atomic mass is 10.2. The van der Waals surface area contributed by atoms with Gasteiger partial charge in [0.15, 0.2) is 0 Å². The normalized spacial score (nSPS) is 11.8. The van der Waals surface area contributed by atoms with Crippen molar-refractivity contribution in [2.24, 2.45) is 7.05 Å². The van der Waals surface area contributed by atoms with E-state index in [2.05, 4.69) is 26.2 Å². The highest BCUT2D eigenvalue weighted by molar-refractivity contribution is 7.99. The number of nitrogens with one attached hydrogen (secondary N) is 2. The maximum atomic E-state index is 12.1. The van der Waals surface area contributed by atoms with Crippen molar-refractivity contribution in [3.63, 3.8) is 0 Å². The zero-order valence-electron chi connectivity index (χ0n) is 14.2. The largest absolute Gasteiger partial charge is 0.383 e. The summed E-state index contributed by atoms with van der Waals surface area (Å²) in [6.45, 7) is 2.30. The second kappa shape index (κ2) is 9.14. The van der Waals surface area contributed by atoms with E-state index in [1.165, 1.54) is 16.4 Å². The Hall–Kier alpha value is -2.46. The van der Waals surface area contributed by atoms with Crippen LogP contribution >= 0.6 is 11.8 Å². The van der Waals surface area contributed by atoms with Gasteiger partial charge in [-0.25, -0.2) is 4.68 Å². The number of carbonyl (C=O) groups is 2. The molecule has 0 bridgehead atoms. The molecule has 25 heavy (non-hydrogen) atoms. The molecule has 2 N–H and O–H groups in total. The van der Waals surface area contributed by atoms with Crippen LogP contribution in [0.15, 0.2) is 29.4 Å². The molecule has 0 saturated heterocycles. The van der Waals surface area contributed by atoms with Crippen LogP contribution in [0.25, 0.3) is 0 Å². The number of rotatable bonds is 8. The summed E-state index contributed by atoms with van der Waals surface area (Å²) >= 11 is 1.24. The van der Waals surface area contributed by atoms with Crippen LogP contribution in [0.5, 0.6) is 0 Å². The van der Waals surface area contributed by atoms with Gasteiger partial charge in [-0.15, -0.1) is 5.10 Å². The Kier molecular flexibility index (Phi) is 6.90. The van der Waals surface area contributed by atoms with Gasteiger partial charge in [0.1, 0.15) is 0 Å². The molecule has 1 heterocycles. The average Bonchev–Trinajstić information content (AvgIpc) is 2.99. The molecule has 0 fully saturated rings. The predicted molar refractivity (Wildman–Crippen MR) is 93.4 cm³/mol. The molecule has 2 rings (SSSR count). The molecule has 2 aromatic rings. The molecule has 134 valence electrons. The Morgan fingerprint density at radius 1 is 1.32 bits per heavy atom. The third-order valence-electron chi connectivity index (χ3n) is 3.14. The van der Waals surface area contributed by atoms with E-state index in [9.17, 15) is 9.59 Å². The molecule has 2 amide bonds. The van der Waals surface area contributed by atoms with Gasteiger partial charge in [-0.2, -0.15) is 0 Å². The number of benzene rings is 1. The van der Waals surface area contributed by atoms with Gasteiger partial charge in [0.2, 0.25) is 11.1 Å². The van der Waals surface area contributed by atoms with Crippen LogP contribution in [0.2, 0.25) is 0 Å². The first kappa shape index (κ1) is 18.9. The van der Waals surface area contributed by atoms with E-state index < -0.39 is 0 Å². The van der Waals surface area contributed by atoms with Crippen LogP contribution in [-0.4, -0.2) is 57.5 Å². The first-order valence-corrected chi connectivity index (χ1v) is 8.53. The number of thioether (sulfide) groups is 1. The Balaban J connectivity index is 1.84. The standard InChI is InChI=1S/C15H20N6O3S/c1-10(8-24-3)16-14(23)11-4-6-12(7-5-11)17-13(22)9-25-15-18-19-20-21(15)2/h4-7,10H,8-9H2,1-3H3,(H,16,23)(H,17,22). The Bertz CT molecular complexity index is 718. The Morgan fingerprint density at radius 3 is 2.64 bits per heavy atom. The van der Waals surface area contributed by atoms with Gasteiger partial charge in [-0.05, 0) is 41.6 Å². The minimum atomic E-state index is -0.187. The van der Waals surface area contributed by atoms with Crippen molar-refractivity contribution in [1.29, 1.82) is 0 Å². The molecule has 0 aliphatic carbocycles. The quantitative estimate of drug-likeness (QED) is 0.664. The fraction of sp³-hybridized carbons (Fsp3) is 0.400. The molecule has 1 unspecified atom stereocenters.